The lowest BCUT2D eigenvalue weighted by molar-refractivity contribution is -0.118. The van der Waals surface area contributed by atoms with Gasteiger partial charge in [-0.15, -0.1) is 10.2 Å². The molecule has 1 N–H and O–H groups in total. The Morgan fingerprint density at radius 1 is 1.28 bits per heavy atom. The number of amides is 1. The number of methoxy groups -OCH3 is 1. The van der Waals surface area contributed by atoms with Crippen molar-refractivity contribution in [3.8, 4) is 5.75 Å². The van der Waals surface area contributed by atoms with Crippen LogP contribution < -0.4 is 15.0 Å². The number of benzene rings is 2. The van der Waals surface area contributed by atoms with Crippen LogP contribution >= 0.6 is 23.1 Å². The lowest BCUT2D eigenvalue weighted by Crippen LogP contribution is -2.40. The zero-order valence-electron chi connectivity index (χ0n) is 16.5. The van der Waals surface area contributed by atoms with E-state index in [4.69, 9.17) is 4.74 Å². The summed E-state index contributed by atoms with van der Waals surface area (Å²) in [4.78, 5) is 15.0. The molecule has 8 heteroatoms. The normalized spacial score (nSPS) is 16.4. The van der Waals surface area contributed by atoms with Crippen molar-refractivity contribution < 1.29 is 9.53 Å². The number of fused-ring (bicyclic) bond motifs is 1. The van der Waals surface area contributed by atoms with E-state index in [-0.39, 0.29) is 17.2 Å². The molecule has 4 rings (SSSR count). The summed E-state index contributed by atoms with van der Waals surface area (Å²) in [6.45, 7) is 4.02. The number of nitrogens with one attached hydrogen (secondary N) is 1. The van der Waals surface area contributed by atoms with Gasteiger partial charge in [0.1, 0.15) is 5.75 Å². The second-order valence-corrected chi connectivity index (χ2v) is 9.45. The molecule has 0 radical (unpaired) electrons. The summed E-state index contributed by atoms with van der Waals surface area (Å²) in [5.74, 6) is 0.873. The smallest absolute Gasteiger partial charge is 0.240 e. The molecule has 0 aliphatic carbocycles. The molecule has 1 aliphatic heterocycles. The Labute approximate surface area is 178 Å². The van der Waals surface area contributed by atoms with E-state index in [1.807, 2.05) is 54.3 Å². The minimum atomic E-state index is -0.249. The molecule has 1 aliphatic rings. The van der Waals surface area contributed by atoms with Crippen LogP contribution in [0.5, 0.6) is 5.75 Å². The predicted octanol–water partition coefficient (Wildman–Crippen LogP) is 4.75. The van der Waals surface area contributed by atoms with Crippen molar-refractivity contribution in [3.63, 3.8) is 0 Å². The molecule has 0 saturated heterocycles. The highest BCUT2D eigenvalue weighted by atomic mass is 32.2. The molecule has 2 heterocycles. The molecule has 0 bridgehead atoms. The molecule has 2 unspecified atom stereocenters. The van der Waals surface area contributed by atoms with Crippen LogP contribution in [0.15, 0.2) is 52.9 Å². The third kappa shape index (κ3) is 4.23. The molecule has 3 aromatic rings. The first kappa shape index (κ1) is 19.7. The zero-order valence-corrected chi connectivity index (χ0v) is 18.1. The minimum Gasteiger partial charge on any atom is -0.497 e. The van der Waals surface area contributed by atoms with Crippen LogP contribution in [-0.4, -0.2) is 34.5 Å². The van der Waals surface area contributed by atoms with E-state index in [1.165, 1.54) is 28.7 Å². The summed E-state index contributed by atoms with van der Waals surface area (Å²) in [5.41, 5.74) is 3.13. The predicted molar refractivity (Wildman–Crippen MR) is 119 cm³/mol. The van der Waals surface area contributed by atoms with E-state index in [2.05, 4.69) is 28.5 Å². The number of hydrogen-bond acceptors (Lipinski definition) is 7. The van der Waals surface area contributed by atoms with Gasteiger partial charge >= 0.3 is 0 Å². The molecule has 6 nitrogen and oxygen atoms in total. The quantitative estimate of drug-likeness (QED) is 0.574. The van der Waals surface area contributed by atoms with E-state index < -0.39 is 0 Å². The van der Waals surface area contributed by atoms with Gasteiger partial charge in [-0.2, -0.15) is 0 Å². The Balaban J connectivity index is 1.42. The second-order valence-electron chi connectivity index (χ2n) is 6.88. The summed E-state index contributed by atoms with van der Waals surface area (Å²) in [6, 6.07) is 15.9. The molecule has 1 amide bonds. The van der Waals surface area contributed by atoms with E-state index in [9.17, 15) is 4.79 Å². The molecule has 150 valence electrons. The van der Waals surface area contributed by atoms with Crippen molar-refractivity contribution in [2.75, 3.05) is 17.3 Å². The van der Waals surface area contributed by atoms with Crippen LogP contribution in [0.2, 0.25) is 0 Å². The molecular weight excluding hydrogens is 404 g/mol. The number of anilines is 3. The fraction of sp³-hybridized carbons (Fsp3) is 0.286. The van der Waals surface area contributed by atoms with Gasteiger partial charge in [-0.05, 0) is 44.0 Å². The summed E-state index contributed by atoms with van der Waals surface area (Å²) in [7, 11) is 1.64. The van der Waals surface area contributed by atoms with Gasteiger partial charge in [-0.1, -0.05) is 47.4 Å². The maximum atomic E-state index is 13.1. The lowest BCUT2D eigenvalue weighted by atomic mass is 10.1. The molecule has 0 spiro atoms. The van der Waals surface area contributed by atoms with Crippen LogP contribution in [-0.2, 0) is 11.2 Å². The van der Waals surface area contributed by atoms with Gasteiger partial charge in [-0.3, -0.25) is 4.79 Å². The Hall–Kier alpha value is -2.58. The third-order valence-electron chi connectivity index (χ3n) is 4.80. The second kappa shape index (κ2) is 8.42. The average molecular weight is 427 g/mol. The maximum Gasteiger partial charge on any atom is 0.240 e. The number of para-hydroxylation sites is 1. The highest BCUT2D eigenvalue weighted by Gasteiger charge is 2.33. The van der Waals surface area contributed by atoms with Crippen molar-refractivity contribution >= 4 is 45.5 Å². The molecule has 2 aromatic carbocycles. The van der Waals surface area contributed by atoms with Gasteiger partial charge < -0.3 is 15.0 Å². The molecule has 0 saturated carbocycles. The minimum absolute atomic E-state index is 0.102. The monoisotopic (exact) mass is 426 g/mol. The third-order valence-corrected chi connectivity index (χ3v) is 6.81. The first-order valence-electron chi connectivity index (χ1n) is 9.37. The number of hydrogen-bond donors (Lipinski definition) is 1. The SMILES string of the molecule is COc1cccc(Nc2nnc(SC(C)C(=O)N3c4ccccc4CC3C)s2)c1. The first-order chi connectivity index (χ1) is 14.0. The van der Waals surface area contributed by atoms with Crippen molar-refractivity contribution in [1.82, 2.24) is 10.2 Å². The van der Waals surface area contributed by atoms with Gasteiger partial charge in [-0.25, -0.2) is 0 Å². The maximum absolute atomic E-state index is 13.1. The Bertz CT molecular complexity index is 1020. The van der Waals surface area contributed by atoms with Gasteiger partial charge in [0.15, 0.2) is 4.34 Å². The van der Waals surface area contributed by atoms with Gasteiger partial charge in [0.25, 0.3) is 0 Å². The van der Waals surface area contributed by atoms with E-state index >= 15 is 0 Å². The Morgan fingerprint density at radius 2 is 2.10 bits per heavy atom. The van der Waals surface area contributed by atoms with Crippen LogP contribution in [0.1, 0.15) is 19.4 Å². The largest absolute Gasteiger partial charge is 0.497 e. The van der Waals surface area contributed by atoms with Crippen LogP contribution in [0.25, 0.3) is 0 Å². The van der Waals surface area contributed by atoms with Crippen molar-refractivity contribution in [1.29, 1.82) is 0 Å². The Kier molecular flexibility index (Phi) is 5.73. The number of nitrogens with zero attached hydrogens (tertiary/aromatic N) is 3. The van der Waals surface area contributed by atoms with Gasteiger partial charge in [0.05, 0.1) is 12.4 Å². The van der Waals surface area contributed by atoms with Crippen molar-refractivity contribution in [2.24, 2.45) is 0 Å². The standard InChI is InChI=1S/C21H22N4O2S2/c1-13-11-15-7-4-5-10-18(15)25(13)19(26)14(2)28-21-24-23-20(29-21)22-16-8-6-9-17(12-16)27-3/h4-10,12-14H,11H2,1-3H3,(H,22,23). The van der Waals surface area contributed by atoms with Crippen LogP contribution in [0, 0.1) is 0 Å². The molecule has 29 heavy (non-hydrogen) atoms. The summed E-state index contributed by atoms with van der Waals surface area (Å²) >= 11 is 2.88. The molecule has 0 fully saturated rings. The number of carbonyl (C=O) groups is 1. The number of aromatic nitrogens is 2. The molecular formula is C21H22N4O2S2. The topological polar surface area (TPSA) is 67.3 Å². The summed E-state index contributed by atoms with van der Waals surface area (Å²) < 4.78 is 6.00. The number of carbonyl (C=O) groups excluding carboxylic acids is 1. The molecule has 1 aromatic heterocycles. The Morgan fingerprint density at radius 3 is 2.93 bits per heavy atom. The fourth-order valence-corrected chi connectivity index (χ4v) is 5.40. The number of ether oxygens (including phenoxy) is 1. The average Bonchev–Trinajstić information content (AvgIpc) is 3.30. The van der Waals surface area contributed by atoms with E-state index in [0.29, 0.717) is 5.13 Å². The van der Waals surface area contributed by atoms with E-state index in [0.717, 1.165) is 27.9 Å². The lowest BCUT2D eigenvalue weighted by Gasteiger charge is -2.25. The highest BCUT2D eigenvalue weighted by Crippen LogP contribution is 2.36. The van der Waals surface area contributed by atoms with E-state index in [1.54, 1.807) is 7.11 Å². The number of rotatable bonds is 6. The van der Waals surface area contributed by atoms with Crippen molar-refractivity contribution in [3.05, 3.63) is 54.1 Å². The zero-order chi connectivity index (χ0) is 20.4. The fourth-order valence-electron chi connectivity index (χ4n) is 3.43. The summed E-state index contributed by atoms with van der Waals surface area (Å²) in [6.07, 6.45) is 0.896. The highest BCUT2D eigenvalue weighted by molar-refractivity contribution is 8.02. The van der Waals surface area contributed by atoms with Crippen LogP contribution in [0.4, 0.5) is 16.5 Å². The van der Waals surface area contributed by atoms with Gasteiger partial charge in [0, 0.05) is 23.5 Å². The first-order valence-corrected chi connectivity index (χ1v) is 11.1. The molecule has 2 atom stereocenters. The van der Waals surface area contributed by atoms with Crippen LogP contribution in [0.3, 0.4) is 0 Å². The van der Waals surface area contributed by atoms with Crippen molar-refractivity contribution in [2.45, 2.75) is 35.9 Å². The number of thioether (sulfide) groups is 1. The van der Waals surface area contributed by atoms with Gasteiger partial charge in [0.2, 0.25) is 11.0 Å². The summed E-state index contributed by atoms with van der Waals surface area (Å²) in [5, 5.41) is 12.1.